The summed E-state index contributed by atoms with van der Waals surface area (Å²) in [6.07, 6.45) is 0. The average molecular weight is 311 g/mol. The van der Waals surface area contributed by atoms with Gasteiger partial charge in [0, 0.05) is 6.54 Å². The first-order valence-electron chi connectivity index (χ1n) is 7.20. The SMILES string of the molecule is CCN(CC)CCOc1ccc(C)cc1C.O=C(O)C(=O)O. The number of aryl methyl sites for hydroxylation is 2. The van der Waals surface area contributed by atoms with Crippen LogP contribution in [0.3, 0.4) is 0 Å². The number of aliphatic carboxylic acids is 2. The number of carboxylic acids is 2. The van der Waals surface area contributed by atoms with Crippen LogP contribution in [0.15, 0.2) is 18.2 Å². The molecule has 0 aliphatic rings. The average Bonchev–Trinajstić information content (AvgIpc) is 2.46. The zero-order valence-corrected chi connectivity index (χ0v) is 13.6. The zero-order chi connectivity index (χ0) is 17.1. The van der Waals surface area contributed by atoms with Crippen molar-refractivity contribution in [2.24, 2.45) is 0 Å². The van der Waals surface area contributed by atoms with Crippen LogP contribution in [-0.4, -0.2) is 53.3 Å². The van der Waals surface area contributed by atoms with Crippen molar-refractivity contribution in [1.29, 1.82) is 0 Å². The molecule has 6 heteroatoms. The highest BCUT2D eigenvalue weighted by Gasteiger charge is 2.04. The van der Waals surface area contributed by atoms with Crippen LogP contribution in [-0.2, 0) is 9.59 Å². The molecule has 0 spiro atoms. The molecule has 0 saturated carbocycles. The molecule has 0 aliphatic carbocycles. The Hall–Kier alpha value is -2.08. The molecule has 0 saturated heterocycles. The number of hydrogen-bond donors (Lipinski definition) is 2. The topological polar surface area (TPSA) is 87.1 Å². The first-order valence-corrected chi connectivity index (χ1v) is 7.20. The molecule has 0 unspecified atom stereocenters. The Morgan fingerprint density at radius 2 is 1.64 bits per heavy atom. The lowest BCUT2D eigenvalue weighted by Gasteiger charge is -2.18. The largest absolute Gasteiger partial charge is 0.492 e. The standard InChI is InChI=1S/C14H23NO.C2H2O4/c1-5-15(6-2)9-10-16-14-8-7-12(3)11-13(14)4;3-1(4)2(5)6/h7-8,11H,5-6,9-10H2,1-4H3;(H,3,4)(H,5,6). The fourth-order valence-corrected chi connectivity index (χ4v) is 1.79. The van der Waals surface area contributed by atoms with E-state index in [9.17, 15) is 0 Å². The summed E-state index contributed by atoms with van der Waals surface area (Å²) in [6, 6.07) is 6.32. The lowest BCUT2D eigenvalue weighted by atomic mass is 10.1. The Labute approximate surface area is 131 Å². The van der Waals surface area contributed by atoms with E-state index in [0.29, 0.717) is 0 Å². The van der Waals surface area contributed by atoms with Gasteiger partial charge in [-0.2, -0.15) is 0 Å². The van der Waals surface area contributed by atoms with Gasteiger partial charge in [-0.05, 0) is 38.6 Å². The number of carboxylic acid groups (broad SMARTS) is 2. The molecule has 0 heterocycles. The monoisotopic (exact) mass is 311 g/mol. The van der Waals surface area contributed by atoms with E-state index >= 15 is 0 Å². The molecule has 1 aromatic rings. The van der Waals surface area contributed by atoms with Gasteiger partial charge in [-0.3, -0.25) is 0 Å². The number of carbonyl (C=O) groups is 2. The number of benzene rings is 1. The van der Waals surface area contributed by atoms with Gasteiger partial charge in [0.15, 0.2) is 0 Å². The molecule has 22 heavy (non-hydrogen) atoms. The van der Waals surface area contributed by atoms with Crippen LogP contribution < -0.4 is 4.74 Å². The lowest BCUT2D eigenvalue weighted by Crippen LogP contribution is -2.28. The summed E-state index contributed by atoms with van der Waals surface area (Å²) >= 11 is 0. The van der Waals surface area contributed by atoms with E-state index in [0.717, 1.165) is 32.0 Å². The molecule has 0 bridgehead atoms. The highest BCUT2D eigenvalue weighted by Crippen LogP contribution is 2.18. The smallest absolute Gasteiger partial charge is 0.414 e. The van der Waals surface area contributed by atoms with E-state index in [1.165, 1.54) is 11.1 Å². The molecule has 6 nitrogen and oxygen atoms in total. The summed E-state index contributed by atoms with van der Waals surface area (Å²) in [7, 11) is 0. The minimum atomic E-state index is -1.82. The van der Waals surface area contributed by atoms with Crippen LogP contribution in [0, 0.1) is 13.8 Å². The minimum Gasteiger partial charge on any atom is -0.492 e. The Balaban J connectivity index is 0.000000626. The number of hydrogen-bond acceptors (Lipinski definition) is 4. The van der Waals surface area contributed by atoms with Crippen molar-refractivity contribution in [3.05, 3.63) is 29.3 Å². The van der Waals surface area contributed by atoms with Crippen LogP contribution in [0.5, 0.6) is 5.75 Å². The second-order valence-corrected chi connectivity index (χ2v) is 4.75. The van der Waals surface area contributed by atoms with E-state index < -0.39 is 11.9 Å². The van der Waals surface area contributed by atoms with Crippen molar-refractivity contribution >= 4 is 11.9 Å². The third-order valence-electron chi connectivity index (χ3n) is 3.07. The van der Waals surface area contributed by atoms with Gasteiger partial charge >= 0.3 is 11.9 Å². The van der Waals surface area contributed by atoms with Gasteiger partial charge in [0.25, 0.3) is 0 Å². The van der Waals surface area contributed by atoms with E-state index in [4.69, 9.17) is 24.5 Å². The summed E-state index contributed by atoms with van der Waals surface area (Å²) in [5, 5.41) is 14.8. The van der Waals surface area contributed by atoms with E-state index in [-0.39, 0.29) is 0 Å². The Bertz CT molecular complexity index is 471. The number of nitrogens with zero attached hydrogens (tertiary/aromatic N) is 1. The zero-order valence-electron chi connectivity index (χ0n) is 13.6. The molecule has 2 N–H and O–H groups in total. The lowest BCUT2D eigenvalue weighted by molar-refractivity contribution is -0.159. The van der Waals surface area contributed by atoms with Crippen molar-refractivity contribution in [2.45, 2.75) is 27.7 Å². The minimum absolute atomic E-state index is 0.769. The van der Waals surface area contributed by atoms with Crippen molar-refractivity contribution in [3.8, 4) is 5.75 Å². The molecule has 124 valence electrons. The molecule has 0 amide bonds. The molecule has 0 radical (unpaired) electrons. The Kier molecular flexibility index (Phi) is 9.61. The van der Waals surface area contributed by atoms with Crippen molar-refractivity contribution in [2.75, 3.05) is 26.2 Å². The van der Waals surface area contributed by atoms with E-state index in [2.05, 4.69) is 50.8 Å². The first-order chi connectivity index (χ1) is 10.3. The van der Waals surface area contributed by atoms with Gasteiger partial charge in [0.2, 0.25) is 0 Å². The summed E-state index contributed by atoms with van der Waals surface area (Å²) in [5.74, 6) is -2.64. The number of ether oxygens (including phenoxy) is 1. The van der Waals surface area contributed by atoms with E-state index in [1.807, 2.05) is 0 Å². The van der Waals surface area contributed by atoms with Gasteiger partial charge in [0.05, 0.1) is 0 Å². The summed E-state index contributed by atoms with van der Waals surface area (Å²) in [6.45, 7) is 12.5. The fraction of sp³-hybridized carbons (Fsp3) is 0.500. The fourth-order valence-electron chi connectivity index (χ4n) is 1.79. The quantitative estimate of drug-likeness (QED) is 0.783. The predicted molar refractivity (Wildman–Crippen MR) is 84.5 cm³/mol. The van der Waals surface area contributed by atoms with Crippen LogP contribution in [0.1, 0.15) is 25.0 Å². The molecule has 1 aromatic carbocycles. The number of rotatable bonds is 6. The van der Waals surface area contributed by atoms with Gasteiger partial charge in [0.1, 0.15) is 12.4 Å². The first kappa shape index (κ1) is 19.9. The van der Waals surface area contributed by atoms with Crippen LogP contribution in [0.4, 0.5) is 0 Å². The number of likely N-dealkylation sites (N-methyl/N-ethyl adjacent to an activating group) is 1. The highest BCUT2D eigenvalue weighted by atomic mass is 16.5. The molecular formula is C16H25NO5. The molecule has 1 rings (SSSR count). The third-order valence-corrected chi connectivity index (χ3v) is 3.07. The third kappa shape index (κ3) is 8.26. The van der Waals surface area contributed by atoms with Crippen molar-refractivity contribution in [3.63, 3.8) is 0 Å². The normalized spacial score (nSPS) is 9.86. The molecular weight excluding hydrogens is 286 g/mol. The molecule has 0 aromatic heterocycles. The molecule has 0 atom stereocenters. The second kappa shape index (κ2) is 10.6. The van der Waals surface area contributed by atoms with Gasteiger partial charge < -0.3 is 19.8 Å². The molecule has 0 fully saturated rings. The highest BCUT2D eigenvalue weighted by molar-refractivity contribution is 6.27. The maximum Gasteiger partial charge on any atom is 0.414 e. The summed E-state index contributed by atoms with van der Waals surface area (Å²) in [5.41, 5.74) is 2.51. The van der Waals surface area contributed by atoms with Gasteiger partial charge in [-0.15, -0.1) is 0 Å². The molecule has 0 aliphatic heterocycles. The Morgan fingerprint density at radius 3 is 2.05 bits per heavy atom. The maximum absolute atomic E-state index is 9.10. The summed E-state index contributed by atoms with van der Waals surface area (Å²) in [4.78, 5) is 20.6. The van der Waals surface area contributed by atoms with Crippen LogP contribution >= 0.6 is 0 Å². The van der Waals surface area contributed by atoms with Gasteiger partial charge in [-0.25, -0.2) is 9.59 Å². The summed E-state index contributed by atoms with van der Waals surface area (Å²) < 4.78 is 5.78. The van der Waals surface area contributed by atoms with Gasteiger partial charge in [-0.1, -0.05) is 31.5 Å². The van der Waals surface area contributed by atoms with Crippen LogP contribution in [0.25, 0.3) is 0 Å². The maximum atomic E-state index is 9.10. The predicted octanol–water partition coefficient (Wildman–Crippen LogP) is 2.18. The van der Waals surface area contributed by atoms with Crippen LogP contribution in [0.2, 0.25) is 0 Å². The Morgan fingerprint density at radius 1 is 1.09 bits per heavy atom. The van der Waals surface area contributed by atoms with Crippen molar-refractivity contribution in [1.82, 2.24) is 4.90 Å². The van der Waals surface area contributed by atoms with E-state index in [1.54, 1.807) is 0 Å². The van der Waals surface area contributed by atoms with Crippen molar-refractivity contribution < 1.29 is 24.5 Å². The second-order valence-electron chi connectivity index (χ2n) is 4.75.